The number of hydrogen-bond donors (Lipinski definition) is 2. The van der Waals surface area contributed by atoms with Gasteiger partial charge in [-0.2, -0.15) is 0 Å². The van der Waals surface area contributed by atoms with E-state index in [0.717, 1.165) is 25.8 Å². The minimum absolute atomic E-state index is 0.353. The zero-order chi connectivity index (χ0) is 19.1. The molecule has 0 fully saturated rings. The number of aryl methyl sites for hydroxylation is 1. The first-order valence-corrected chi connectivity index (χ1v) is 9.88. The maximum atomic E-state index is 10.7. The summed E-state index contributed by atoms with van der Waals surface area (Å²) in [6.07, 6.45) is 2.44. The Hall–Kier alpha value is -1.26. The number of nitrogens with two attached hydrogens (primary N) is 1. The number of halogens is 2. The smallest absolute Gasteiger partial charge is 0.0918 e. The monoisotopic (exact) mass is 394 g/mol. The highest BCUT2D eigenvalue weighted by atomic mass is 35.5. The van der Waals surface area contributed by atoms with Gasteiger partial charge in [-0.1, -0.05) is 60.5 Å². The molecule has 0 amide bonds. The maximum Gasteiger partial charge on any atom is 0.0918 e. The van der Waals surface area contributed by atoms with Gasteiger partial charge in [0, 0.05) is 12.6 Å². The summed E-state index contributed by atoms with van der Waals surface area (Å²) in [5.41, 5.74) is 8.18. The predicted octanol–water partition coefficient (Wildman–Crippen LogP) is 5.34. The molecule has 2 aromatic rings. The standard InChI is InChI=1S/C21H28Cl2N2O/c1-3-11-25(15(2)9-10-16-7-5-4-6-8-16)14-20(26)17-12-18(22)21(24)19(23)13-17/h4-8,12-13,15,20,26H,3,9-11,14,24H2,1-2H3. The van der Waals surface area contributed by atoms with E-state index in [1.165, 1.54) is 5.56 Å². The summed E-state index contributed by atoms with van der Waals surface area (Å²) in [7, 11) is 0. The van der Waals surface area contributed by atoms with Crippen LogP contribution in [0.25, 0.3) is 0 Å². The van der Waals surface area contributed by atoms with E-state index in [0.29, 0.717) is 33.9 Å². The van der Waals surface area contributed by atoms with Crippen LogP contribution < -0.4 is 5.73 Å². The second kappa shape index (κ2) is 10.2. The van der Waals surface area contributed by atoms with Crippen LogP contribution in [0.4, 0.5) is 5.69 Å². The highest BCUT2D eigenvalue weighted by molar-refractivity contribution is 6.38. The Kier molecular flexibility index (Phi) is 8.23. The van der Waals surface area contributed by atoms with Crippen molar-refractivity contribution in [2.75, 3.05) is 18.8 Å². The number of nitrogens with zero attached hydrogens (tertiary/aromatic N) is 1. The lowest BCUT2D eigenvalue weighted by Crippen LogP contribution is -2.37. The van der Waals surface area contributed by atoms with Gasteiger partial charge in [-0.15, -0.1) is 0 Å². The number of benzene rings is 2. The van der Waals surface area contributed by atoms with Crippen LogP contribution in [0.5, 0.6) is 0 Å². The molecule has 2 aromatic carbocycles. The van der Waals surface area contributed by atoms with E-state index < -0.39 is 6.10 Å². The molecule has 5 heteroatoms. The largest absolute Gasteiger partial charge is 0.396 e. The van der Waals surface area contributed by atoms with E-state index in [9.17, 15) is 5.11 Å². The zero-order valence-corrected chi connectivity index (χ0v) is 17.0. The molecule has 0 saturated heterocycles. The van der Waals surface area contributed by atoms with E-state index in [4.69, 9.17) is 28.9 Å². The third kappa shape index (κ3) is 5.88. The molecule has 0 aliphatic carbocycles. The van der Waals surface area contributed by atoms with Gasteiger partial charge in [0.05, 0.1) is 21.8 Å². The van der Waals surface area contributed by atoms with Crippen LogP contribution in [0, 0.1) is 0 Å². The van der Waals surface area contributed by atoms with Gasteiger partial charge in [-0.25, -0.2) is 0 Å². The van der Waals surface area contributed by atoms with E-state index in [-0.39, 0.29) is 0 Å². The first kappa shape index (κ1) is 21.0. The lowest BCUT2D eigenvalue weighted by molar-refractivity contribution is 0.0884. The number of anilines is 1. The summed E-state index contributed by atoms with van der Waals surface area (Å²) in [6.45, 7) is 5.85. The van der Waals surface area contributed by atoms with Crippen LogP contribution in [0.2, 0.25) is 10.0 Å². The minimum atomic E-state index is -0.656. The quantitative estimate of drug-likeness (QED) is 0.564. The molecule has 2 rings (SSSR count). The zero-order valence-electron chi connectivity index (χ0n) is 15.5. The highest BCUT2D eigenvalue weighted by Crippen LogP contribution is 2.31. The van der Waals surface area contributed by atoms with Crippen molar-refractivity contribution in [3.63, 3.8) is 0 Å². The predicted molar refractivity (Wildman–Crippen MR) is 112 cm³/mol. The van der Waals surface area contributed by atoms with Crippen molar-refractivity contribution in [3.05, 3.63) is 63.6 Å². The fourth-order valence-corrected chi connectivity index (χ4v) is 3.61. The minimum Gasteiger partial charge on any atom is -0.396 e. The number of hydrogen-bond acceptors (Lipinski definition) is 3. The molecule has 3 N–H and O–H groups in total. The molecule has 142 valence electrons. The molecule has 0 spiro atoms. The van der Waals surface area contributed by atoms with Crippen LogP contribution in [0.1, 0.15) is 43.9 Å². The highest BCUT2D eigenvalue weighted by Gasteiger charge is 2.19. The molecule has 2 atom stereocenters. The van der Waals surface area contributed by atoms with E-state index in [1.807, 2.05) is 6.07 Å². The van der Waals surface area contributed by atoms with Crippen LogP contribution in [0.3, 0.4) is 0 Å². The average Bonchev–Trinajstić information content (AvgIpc) is 2.64. The Labute approximate surface area is 166 Å². The average molecular weight is 395 g/mol. The molecule has 0 aliphatic heterocycles. The topological polar surface area (TPSA) is 49.5 Å². The van der Waals surface area contributed by atoms with Gasteiger partial charge in [-0.3, -0.25) is 4.90 Å². The molecule has 2 unspecified atom stereocenters. The SMILES string of the molecule is CCCN(CC(O)c1cc(Cl)c(N)c(Cl)c1)C(C)CCc1ccccc1. The van der Waals surface area contributed by atoms with Gasteiger partial charge in [-0.05, 0) is 56.0 Å². The summed E-state index contributed by atoms with van der Waals surface area (Å²) < 4.78 is 0. The Morgan fingerprint density at radius 3 is 2.31 bits per heavy atom. The second-order valence-electron chi connectivity index (χ2n) is 6.78. The fourth-order valence-electron chi connectivity index (χ4n) is 3.11. The van der Waals surface area contributed by atoms with Crippen LogP contribution in [-0.4, -0.2) is 29.1 Å². The Bertz CT molecular complexity index is 671. The van der Waals surface area contributed by atoms with E-state index in [1.54, 1.807) is 12.1 Å². The maximum absolute atomic E-state index is 10.7. The van der Waals surface area contributed by atoms with Crippen molar-refractivity contribution < 1.29 is 5.11 Å². The summed E-state index contributed by atoms with van der Waals surface area (Å²) in [6, 6.07) is 14.3. The number of aliphatic hydroxyl groups is 1. The normalized spacial score (nSPS) is 13.8. The first-order chi connectivity index (χ1) is 12.4. The summed E-state index contributed by atoms with van der Waals surface area (Å²) in [5.74, 6) is 0. The number of rotatable bonds is 9. The van der Waals surface area contributed by atoms with Crippen LogP contribution in [0.15, 0.2) is 42.5 Å². The van der Waals surface area contributed by atoms with Gasteiger partial charge >= 0.3 is 0 Å². The molecule has 0 aromatic heterocycles. The third-order valence-electron chi connectivity index (χ3n) is 4.72. The van der Waals surface area contributed by atoms with Crippen molar-refractivity contribution in [1.29, 1.82) is 0 Å². The molecular formula is C21H28Cl2N2O. The van der Waals surface area contributed by atoms with Gasteiger partial charge in [0.1, 0.15) is 0 Å². The van der Waals surface area contributed by atoms with Gasteiger partial charge in [0.2, 0.25) is 0 Å². The van der Waals surface area contributed by atoms with Gasteiger partial charge in [0.15, 0.2) is 0 Å². The van der Waals surface area contributed by atoms with E-state index >= 15 is 0 Å². The van der Waals surface area contributed by atoms with Crippen LogP contribution in [-0.2, 0) is 6.42 Å². The molecule has 3 nitrogen and oxygen atoms in total. The molecule has 0 bridgehead atoms. The molecule has 0 heterocycles. The molecule has 0 radical (unpaired) electrons. The summed E-state index contributed by atoms with van der Waals surface area (Å²) >= 11 is 12.2. The molecular weight excluding hydrogens is 367 g/mol. The van der Waals surface area contributed by atoms with Crippen molar-refractivity contribution in [1.82, 2.24) is 4.90 Å². The van der Waals surface area contributed by atoms with Gasteiger partial charge in [0.25, 0.3) is 0 Å². The number of nitrogen functional groups attached to an aromatic ring is 1. The molecule has 0 aliphatic rings. The van der Waals surface area contributed by atoms with Crippen LogP contribution >= 0.6 is 23.2 Å². The van der Waals surface area contributed by atoms with E-state index in [2.05, 4.69) is 43.0 Å². The fraction of sp³-hybridized carbons (Fsp3) is 0.429. The van der Waals surface area contributed by atoms with Crippen molar-refractivity contribution in [2.45, 2.75) is 45.3 Å². The molecule has 26 heavy (non-hydrogen) atoms. The van der Waals surface area contributed by atoms with Crippen molar-refractivity contribution >= 4 is 28.9 Å². The van der Waals surface area contributed by atoms with Crippen molar-refractivity contribution in [3.8, 4) is 0 Å². The van der Waals surface area contributed by atoms with Gasteiger partial charge < -0.3 is 10.8 Å². The Morgan fingerprint density at radius 2 is 1.73 bits per heavy atom. The second-order valence-corrected chi connectivity index (χ2v) is 7.60. The third-order valence-corrected chi connectivity index (χ3v) is 5.35. The summed E-state index contributed by atoms with van der Waals surface area (Å²) in [5, 5.41) is 11.5. The lowest BCUT2D eigenvalue weighted by Gasteiger charge is -2.31. The first-order valence-electron chi connectivity index (χ1n) is 9.12. The number of aliphatic hydroxyl groups excluding tert-OH is 1. The molecule has 0 saturated carbocycles. The summed E-state index contributed by atoms with van der Waals surface area (Å²) in [4.78, 5) is 2.33. The van der Waals surface area contributed by atoms with Crippen molar-refractivity contribution in [2.24, 2.45) is 0 Å². The Morgan fingerprint density at radius 1 is 1.12 bits per heavy atom. The Balaban J connectivity index is 2.01. The lowest BCUT2D eigenvalue weighted by atomic mass is 10.0.